The van der Waals surface area contributed by atoms with E-state index in [2.05, 4.69) is 31.1 Å². The molecule has 28 heavy (non-hydrogen) atoms. The predicted molar refractivity (Wildman–Crippen MR) is 117 cm³/mol. The van der Waals surface area contributed by atoms with E-state index >= 15 is 0 Å². The van der Waals surface area contributed by atoms with E-state index in [0.29, 0.717) is 16.9 Å². The molecular formula is C22H31ClN4O+2. The van der Waals surface area contributed by atoms with E-state index in [1.165, 1.54) is 26.1 Å². The lowest BCUT2D eigenvalue weighted by molar-refractivity contribution is -0.896. The molecule has 0 aliphatic heterocycles. The zero-order valence-electron chi connectivity index (χ0n) is 17.2. The average Bonchev–Trinajstić information content (AvgIpc) is 2.70. The van der Waals surface area contributed by atoms with Gasteiger partial charge in [0, 0.05) is 16.5 Å². The Morgan fingerprint density at radius 1 is 1.18 bits per heavy atom. The molecule has 0 radical (unpaired) electrons. The number of fused-ring (bicyclic) bond motifs is 2. The van der Waals surface area contributed by atoms with Crippen LogP contribution in [0.2, 0.25) is 5.02 Å². The van der Waals surface area contributed by atoms with Crippen molar-refractivity contribution in [2.75, 3.05) is 32.1 Å². The highest BCUT2D eigenvalue weighted by molar-refractivity contribution is 6.31. The summed E-state index contributed by atoms with van der Waals surface area (Å²) in [5, 5.41) is 5.48. The third kappa shape index (κ3) is 4.65. The summed E-state index contributed by atoms with van der Waals surface area (Å²) in [6, 6.07) is 10.1. The molecule has 0 saturated heterocycles. The largest absolute Gasteiger partial charge is 0.448 e. The van der Waals surface area contributed by atoms with Crippen molar-refractivity contribution < 1.29 is 14.6 Å². The minimum Gasteiger partial charge on any atom is -0.448 e. The molecule has 0 bridgehead atoms. The minimum absolute atomic E-state index is 0.346. The SMILES string of the molecule is CC[NH+](CC)CCCC(C)Nc1c2ccc(Cl)cc2nc2ccc(OC)[nH+]c12. The van der Waals surface area contributed by atoms with Gasteiger partial charge in [-0.05, 0) is 57.9 Å². The number of nitrogens with one attached hydrogen (secondary N) is 3. The van der Waals surface area contributed by atoms with Gasteiger partial charge in [0.05, 0.1) is 38.3 Å². The van der Waals surface area contributed by atoms with Crippen LogP contribution in [0.5, 0.6) is 5.88 Å². The highest BCUT2D eigenvalue weighted by atomic mass is 35.5. The van der Waals surface area contributed by atoms with Gasteiger partial charge < -0.3 is 15.0 Å². The highest BCUT2D eigenvalue weighted by Gasteiger charge is 2.18. The first-order chi connectivity index (χ1) is 13.5. The van der Waals surface area contributed by atoms with Gasteiger partial charge >= 0.3 is 5.88 Å². The fourth-order valence-electron chi connectivity index (χ4n) is 3.67. The first-order valence-corrected chi connectivity index (χ1v) is 10.5. The Bertz CT molecular complexity index is 943. The molecule has 0 saturated carbocycles. The number of hydrogen-bond donors (Lipinski definition) is 2. The number of methoxy groups -OCH3 is 1. The number of nitrogens with zero attached hydrogens (tertiary/aromatic N) is 1. The Balaban J connectivity index is 1.92. The van der Waals surface area contributed by atoms with Gasteiger partial charge in [0.25, 0.3) is 5.52 Å². The summed E-state index contributed by atoms with van der Waals surface area (Å²) in [4.78, 5) is 9.79. The topological polar surface area (TPSA) is 52.7 Å². The van der Waals surface area contributed by atoms with Gasteiger partial charge in [0.1, 0.15) is 11.2 Å². The molecule has 3 N–H and O–H groups in total. The number of anilines is 1. The summed E-state index contributed by atoms with van der Waals surface area (Å²) in [7, 11) is 1.66. The molecule has 0 spiro atoms. The number of ether oxygens (including phenoxy) is 1. The number of quaternary nitrogens is 1. The van der Waals surface area contributed by atoms with Crippen molar-refractivity contribution in [2.24, 2.45) is 0 Å². The molecule has 2 heterocycles. The zero-order chi connectivity index (χ0) is 20.1. The van der Waals surface area contributed by atoms with E-state index in [-0.39, 0.29) is 0 Å². The fraction of sp³-hybridized carbons (Fsp3) is 0.455. The van der Waals surface area contributed by atoms with E-state index in [0.717, 1.165) is 34.0 Å². The quantitative estimate of drug-likeness (QED) is 0.539. The van der Waals surface area contributed by atoms with Crippen LogP contribution in [0.1, 0.15) is 33.6 Å². The molecule has 1 unspecified atom stereocenters. The van der Waals surface area contributed by atoms with Gasteiger partial charge in [0.2, 0.25) is 0 Å². The molecule has 1 atom stereocenters. The molecule has 5 nitrogen and oxygen atoms in total. The maximum atomic E-state index is 6.21. The molecule has 2 aromatic heterocycles. The molecule has 0 aliphatic carbocycles. The summed E-state index contributed by atoms with van der Waals surface area (Å²) in [5.74, 6) is 0.712. The number of pyridine rings is 2. The van der Waals surface area contributed by atoms with Crippen LogP contribution >= 0.6 is 11.6 Å². The second kappa shape index (κ2) is 9.39. The van der Waals surface area contributed by atoms with E-state index in [4.69, 9.17) is 21.3 Å². The molecule has 3 rings (SSSR count). The van der Waals surface area contributed by atoms with E-state index in [9.17, 15) is 0 Å². The van der Waals surface area contributed by atoms with Crippen LogP contribution in [-0.4, -0.2) is 37.8 Å². The number of aromatic amines is 1. The number of halogens is 1. The van der Waals surface area contributed by atoms with Crippen molar-refractivity contribution in [3.63, 3.8) is 0 Å². The molecule has 150 valence electrons. The summed E-state index contributed by atoms with van der Waals surface area (Å²) in [5.41, 5.74) is 3.78. The van der Waals surface area contributed by atoms with Crippen LogP contribution in [0, 0.1) is 0 Å². The Labute approximate surface area is 172 Å². The smallest absolute Gasteiger partial charge is 0.366 e. The lowest BCUT2D eigenvalue weighted by Gasteiger charge is -2.19. The van der Waals surface area contributed by atoms with Gasteiger partial charge in [-0.25, -0.2) is 4.98 Å². The highest BCUT2D eigenvalue weighted by Crippen LogP contribution is 2.31. The molecule has 6 heteroatoms. The van der Waals surface area contributed by atoms with Gasteiger partial charge in [0.15, 0.2) is 0 Å². The van der Waals surface area contributed by atoms with Crippen LogP contribution in [-0.2, 0) is 0 Å². The Kier molecular flexibility index (Phi) is 6.92. The number of hydrogen-bond acceptors (Lipinski definition) is 3. The van der Waals surface area contributed by atoms with Gasteiger partial charge in [-0.2, -0.15) is 4.98 Å². The van der Waals surface area contributed by atoms with E-state index in [1.54, 1.807) is 12.0 Å². The number of rotatable bonds is 9. The van der Waals surface area contributed by atoms with Crippen molar-refractivity contribution in [3.8, 4) is 5.88 Å². The van der Waals surface area contributed by atoms with Crippen molar-refractivity contribution in [1.29, 1.82) is 0 Å². The van der Waals surface area contributed by atoms with Crippen molar-refractivity contribution in [1.82, 2.24) is 4.98 Å². The van der Waals surface area contributed by atoms with Crippen molar-refractivity contribution >= 4 is 39.2 Å². The maximum absolute atomic E-state index is 6.21. The van der Waals surface area contributed by atoms with Crippen LogP contribution < -0.4 is 19.9 Å². The first-order valence-electron chi connectivity index (χ1n) is 10.1. The molecule has 0 fully saturated rings. The standard InChI is InChI=1S/C22H29ClN4O/c1-5-27(6-2)13-7-8-15(3)24-21-17-10-9-16(23)14-19(17)25-18-11-12-20(28-4)26-22(18)21/h9-12,14-15H,5-8,13H2,1-4H3,(H,24,25)/p+2. The number of benzene rings is 1. The van der Waals surface area contributed by atoms with E-state index < -0.39 is 0 Å². The Hall–Kier alpha value is -2.11. The van der Waals surface area contributed by atoms with Crippen LogP contribution in [0.15, 0.2) is 30.3 Å². The molecule has 1 aromatic carbocycles. The molecular weight excluding hydrogens is 372 g/mol. The number of H-pyrrole nitrogens is 1. The zero-order valence-corrected chi connectivity index (χ0v) is 18.0. The lowest BCUT2D eigenvalue weighted by atomic mass is 10.1. The fourth-order valence-corrected chi connectivity index (χ4v) is 3.84. The van der Waals surface area contributed by atoms with Gasteiger partial charge in [-0.1, -0.05) is 11.6 Å². The summed E-state index contributed by atoms with van der Waals surface area (Å²) >= 11 is 6.21. The second-order valence-electron chi connectivity index (χ2n) is 7.33. The summed E-state index contributed by atoms with van der Waals surface area (Å²) in [6.07, 6.45) is 2.32. The lowest BCUT2D eigenvalue weighted by Crippen LogP contribution is -3.11. The summed E-state index contributed by atoms with van der Waals surface area (Å²) < 4.78 is 5.39. The predicted octanol–water partition coefficient (Wildman–Crippen LogP) is 3.37. The van der Waals surface area contributed by atoms with Gasteiger partial charge in [-0.15, -0.1) is 0 Å². The molecule has 0 aliphatic rings. The Morgan fingerprint density at radius 2 is 1.96 bits per heavy atom. The molecule has 3 aromatic rings. The first kappa shape index (κ1) is 20.6. The average molecular weight is 403 g/mol. The van der Waals surface area contributed by atoms with Crippen molar-refractivity contribution in [2.45, 2.75) is 39.7 Å². The minimum atomic E-state index is 0.346. The number of aromatic nitrogens is 2. The monoisotopic (exact) mass is 402 g/mol. The third-order valence-electron chi connectivity index (χ3n) is 5.40. The Morgan fingerprint density at radius 3 is 2.68 bits per heavy atom. The van der Waals surface area contributed by atoms with Crippen LogP contribution in [0.4, 0.5) is 5.69 Å². The van der Waals surface area contributed by atoms with Gasteiger partial charge in [-0.3, -0.25) is 0 Å². The molecule has 0 amide bonds. The van der Waals surface area contributed by atoms with Crippen LogP contribution in [0.3, 0.4) is 0 Å². The van der Waals surface area contributed by atoms with Crippen LogP contribution in [0.25, 0.3) is 21.9 Å². The second-order valence-corrected chi connectivity index (χ2v) is 7.77. The van der Waals surface area contributed by atoms with Crippen molar-refractivity contribution in [3.05, 3.63) is 35.4 Å². The maximum Gasteiger partial charge on any atom is 0.366 e. The normalized spacial score (nSPS) is 12.6. The summed E-state index contributed by atoms with van der Waals surface area (Å²) in [6.45, 7) is 10.3. The third-order valence-corrected chi connectivity index (χ3v) is 5.63. The van der Waals surface area contributed by atoms with E-state index in [1.807, 2.05) is 30.3 Å².